The first kappa shape index (κ1) is 17.7. The number of benzene rings is 1. The van der Waals surface area contributed by atoms with Gasteiger partial charge < -0.3 is 4.74 Å². The molecule has 1 heterocycles. The molecule has 0 bridgehead atoms. The second-order valence-electron chi connectivity index (χ2n) is 5.22. The first-order valence-corrected chi connectivity index (χ1v) is 10.1. The average molecular weight is 360 g/mol. The van der Waals surface area contributed by atoms with Gasteiger partial charge in [-0.3, -0.25) is 0 Å². The number of hydrogen-bond donors (Lipinski definition) is 0. The number of nitrogens with zero attached hydrogens (tertiary/aromatic N) is 1. The van der Waals surface area contributed by atoms with Crippen LogP contribution in [0.3, 0.4) is 0 Å². The van der Waals surface area contributed by atoms with Gasteiger partial charge >= 0.3 is 0 Å². The first-order chi connectivity index (χ1) is 10.4. The van der Waals surface area contributed by atoms with Crippen LogP contribution < -0.4 is 0 Å². The van der Waals surface area contributed by atoms with Gasteiger partial charge in [-0.2, -0.15) is 4.31 Å². The van der Waals surface area contributed by atoms with Crippen molar-refractivity contribution in [2.75, 3.05) is 19.7 Å². The molecule has 22 heavy (non-hydrogen) atoms. The standard InChI is InChI=1S/C15H21NO3S3/c1-3-19-15(20)21-13-8-10-16(11-9-13)22(17,18)14-6-4-12(2)5-7-14/h4-7,13H,3,8-11H2,1-2H3. The Labute approximate surface area is 142 Å². The molecule has 0 atom stereocenters. The summed E-state index contributed by atoms with van der Waals surface area (Å²) >= 11 is 6.68. The topological polar surface area (TPSA) is 46.6 Å². The first-order valence-electron chi connectivity index (χ1n) is 7.33. The van der Waals surface area contributed by atoms with Crippen molar-refractivity contribution >= 4 is 38.4 Å². The predicted octanol–water partition coefficient (Wildman–Crippen LogP) is 3.20. The third-order valence-corrected chi connectivity index (χ3v) is 7.02. The van der Waals surface area contributed by atoms with Crippen molar-refractivity contribution in [3.63, 3.8) is 0 Å². The summed E-state index contributed by atoms with van der Waals surface area (Å²) in [6.45, 7) is 5.49. The third kappa shape index (κ3) is 4.44. The molecule has 0 aliphatic carbocycles. The number of rotatable bonds is 4. The number of thioether (sulfide) groups is 1. The monoisotopic (exact) mass is 359 g/mol. The van der Waals surface area contributed by atoms with Gasteiger partial charge in [-0.05, 0) is 51.0 Å². The molecule has 2 rings (SSSR count). The van der Waals surface area contributed by atoms with Crippen molar-refractivity contribution in [3.05, 3.63) is 29.8 Å². The summed E-state index contributed by atoms with van der Waals surface area (Å²) in [5.74, 6) is 0. The van der Waals surface area contributed by atoms with Crippen LogP contribution in [0.2, 0.25) is 0 Å². The summed E-state index contributed by atoms with van der Waals surface area (Å²) in [5, 5.41) is 0.337. The van der Waals surface area contributed by atoms with Gasteiger partial charge in [0, 0.05) is 18.3 Å². The normalized spacial score (nSPS) is 17.4. The number of thiocarbonyl (C=S) groups is 1. The Bertz CT molecular complexity index is 605. The van der Waals surface area contributed by atoms with Crippen LogP contribution in [0.5, 0.6) is 0 Å². The molecule has 1 aliphatic rings. The number of hydrogen-bond acceptors (Lipinski definition) is 5. The fraction of sp³-hybridized carbons (Fsp3) is 0.533. The highest BCUT2D eigenvalue weighted by Crippen LogP contribution is 2.28. The van der Waals surface area contributed by atoms with Gasteiger partial charge in [0.25, 0.3) is 0 Å². The van der Waals surface area contributed by atoms with Crippen LogP contribution in [-0.4, -0.2) is 42.1 Å². The summed E-state index contributed by atoms with van der Waals surface area (Å²) in [7, 11) is -3.38. The lowest BCUT2D eigenvalue weighted by Gasteiger charge is -2.30. The van der Waals surface area contributed by atoms with Crippen LogP contribution in [0.1, 0.15) is 25.3 Å². The Morgan fingerprint density at radius 2 is 1.91 bits per heavy atom. The molecule has 122 valence electrons. The average Bonchev–Trinajstić information content (AvgIpc) is 2.48. The lowest BCUT2D eigenvalue weighted by Crippen LogP contribution is -2.39. The van der Waals surface area contributed by atoms with Gasteiger partial charge in [0.1, 0.15) is 0 Å². The van der Waals surface area contributed by atoms with Crippen LogP contribution in [0, 0.1) is 6.92 Å². The number of piperidine rings is 1. The minimum absolute atomic E-state index is 0.337. The molecule has 1 saturated heterocycles. The zero-order chi connectivity index (χ0) is 16.2. The van der Waals surface area contributed by atoms with Gasteiger partial charge in [-0.25, -0.2) is 8.42 Å². The molecule has 0 aromatic heterocycles. The van der Waals surface area contributed by atoms with Gasteiger partial charge in [0.2, 0.25) is 14.4 Å². The van der Waals surface area contributed by atoms with E-state index in [0.29, 0.717) is 34.2 Å². The summed E-state index contributed by atoms with van der Waals surface area (Å²) in [4.78, 5) is 0.369. The molecular formula is C15H21NO3S3. The van der Waals surface area contributed by atoms with Crippen molar-refractivity contribution in [2.24, 2.45) is 0 Å². The van der Waals surface area contributed by atoms with E-state index in [4.69, 9.17) is 17.0 Å². The van der Waals surface area contributed by atoms with Crippen molar-refractivity contribution in [1.82, 2.24) is 4.31 Å². The Kier molecular flexibility index (Phi) is 6.26. The molecule has 0 spiro atoms. The second kappa shape index (κ2) is 7.77. The molecule has 0 amide bonds. The Balaban J connectivity index is 1.96. The van der Waals surface area contributed by atoms with E-state index < -0.39 is 10.0 Å². The highest BCUT2D eigenvalue weighted by molar-refractivity contribution is 8.23. The maximum atomic E-state index is 12.6. The van der Waals surface area contributed by atoms with Crippen molar-refractivity contribution in [3.8, 4) is 0 Å². The largest absolute Gasteiger partial charge is 0.479 e. The number of sulfonamides is 1. The van der Waals surface area contributed by atoms with E-state index in [-0.39, 0.29) is 0 Å². The Morgan fingerprint density at radius 3 is 2.45 bits per heavy atom. The number of ether oxygens (including phenoxy) is 1. The maximum Gasteiger partial charge on any atom is 0.243 e. The van der Waals surface area contributed by atoms with Crippen molar-refractivity contribution in [1.29, 1.82) is 0 Å². The molecule has 0 unspecified atom stereocenters. The number of aryl methyl sites for hydroxylation is 1. The van der Waals surface area contributed by atoms with Crippen LogP contribution in [0.25, 0.3) is 0 Å². The molecule has 7 heteroatoms. The van der Waals surface area contributed by atoms with E-state index in [1.165, 1.54) is 0 Å². The summed E-state index contributed by atoms with van der Waals surface area (Å²) < 4.78 is 32.6. The molecule has 0 saturated carbocycles. The molecule has 4 nitrogen and oxygen atoms in total. The van der Waals surface area contributed by atoms with Gasteiger partial charge in [0.05, 0.1) is 11.5 Å². The third-order valence-electron chi connectivity index (χ3n) is 3.58. The van der Waals surface area contributed by atoms with E-state index in [0.717, 1.165) is 18.4 Å². The molecule has 1 aromatic carbocycles. The Hall–Kier alpha value is -0.630. The maximum absolute atomic E-state index is 12.6. The lowest BCUT2D eigenvalue weighted by molar-refractivity contribution is 0.342. The second-order valence-corrected chi connectivity index (χ2v) is 9.06. The minimum atomic E-state index is -3.38. The molecule has 1 aliphatic heterocycles. The van der Waals surface area contributed by atoms with E-state index in [2.05, 4.69) is 0 Å². The fourth-order valence-corrected chi connectivity index (χ4v) is 5.24. The Morgan fingerprint density at radius 1 is 1.32 bits per heavy atom. The molecule has 0 N–H and O–H groups in total. The zero-order valence-corrected chi connectivity index (χ0v) is 15.3. The smallest absolute Gasteiger partial charge is 0.243 e. The van der Waals surface area contributed by atoms with Crippen LogP contribution in [0.4, 0.5) is 0 Å². The zero-order valence-electron chi connectivity index (χ0n) is 12.8. The van der Waals surface area contributed by atoms with Gasteiger partial charge in [0.15, 0.2) is 0 Å². The predicted molar refractivity (Wildman–Crippen MR) is 94.8 cm³/mol. The van der Waals surface area contributed by atoms with Gasteiger partial charge in [-0.15, -0.1) is 0 Å². The fourth-order valence-electron chi connectivity index (χ4n) is 2.34. The van der Waals surface area contributed by atoms with Crippen molar-refractivity contribution in [2.45, 2.75) is 36.8 Å². The molecule has 1 fully saturated rings. The quantitative estimate of drug-likeness (QED) is 0.773. The van der Waals surface area contributed by atoms with E-state index in [1.54, 1.807) is 28.2 Å². The minimum Gasteiger partial charge on any atom is -0.479 e. The highest BCUT2D eigenvalue weighted by Gasteiger charge is 2.30. The molecular weight excluding hydrogens is 338 g/mol. The van der Waals surface area contributed by atoms with Gasteiger partial charge in [-0.1, -0.05) is 29.5 Å². The van der Waals surface area contributed by atoms with E-state index in [1.807, 2.05) is 26.0 Å². The summed E-state index contributed by atoms with van der Waals surface area (Å²) in [5.41, 5.74) is 1.05. The SMILES string of the molecule is CCOC(=S)SC1CCN(S(=O)(=O)c2ccc(C)cc2)CC1. The van der Waals surface area contributed by atoms with Crippen molar-refractivity contribution < 1.29 is 13.2 Å². The molecule has 0 radical (unpaired) electrons. The van der Waals surface area contributed by atoms with Crippen LogP contribution >= 0.6 is 24.0 Å². The van der Waals surface area contributed by atoms with Crippen LogP contribution in [0.15, 0.2) is 29.2 Å². The highest BCUT2D eigenvalue weighted by atomic mass is 32.2. The van der Waals surface area contributed by atoms with E-state index in [9.17, 15) is 8.42 Å². The molecule has 1 aromatic rings. The summed E-state index contributed by atoms with van der Waals surface area (Å²) in [6.07, 6.45) is 1.59. The van der Waals surface area contributed by atoms with E-state index >= 15 is 0 Å². The summed E-state index contributed by atoms with van der Waals surface area (Å²) in [6, 6.07) is 7.01. The lowest BCUT2D eigenvalue weighted by atomic mass is 10.2. The van der Waals surface area contributed by atoms with Crippen LogP contribution in [-0.2, 0) is 14.8 Å².